The Morgan fingerprint density at radius 2 is 1.79 bits per heavy atom. The summed E-state index contributed by atoms with van der Waals surface area (Å²) in [4.78, 5) is 27.8. The molecule has 0 aromatic carbocycles. The van der Waals surface area contributed by atoms with Crippen LogP contribution in [0.3, 0.4) is 0 Å². The molecule has 8 heteroatoms. The fourth-order valence-electron chi connectivity index (χ4n) is 2.90. The molecule has 1 rings (SSSR count). The first-order valence-corrected chi connectivity index (χ1v) is 7.63. The molecule has 0 amide bonds. The van der Waals surface area contributed by atoms with Crippen LogP contribution in [0.4, 0.5) is 13.2 Å². The molecule has 5 nitrogen and oxygen atoms in total. The molecule has 24 heavy (non-hydrogen) atoms. The van der Waals surface area contributed by atoms with Crippen molar-refractivity contribution in [2.75, 3.05) is 14.2 Å². The largest absolute Gasteiger partial charge is 0.468 e. The Hall–Kier alpha value is -1.86. The average molecular weight is 349 g/mol. The van der Waals surface area contributed by atoms with E-state index in [9.17, 15) is 22.8 Å². The minimum Gasteiger partial charge on any atom is -0.468 e. The maximum atomic E-state index is 13.4. The van der Waals surface area contributed by atoms with E-state index in [1.54, 1.807) is 20.8 Å². The fraction of sp³-hybridized carbons (Fsp3) is 0.688. The van der Waals surface area contributed by atoms with Crippen LogP contribution >= 0.6 is 0 Å². The molecule has 0 saturated heterocycles. The van der Waals surface area contributed by atoms with Gasteiger partial charge in [0.1, 0.15) is 11.6 Å². The third-order valence-corrected chi connectivity index (χ3v) is 3.85. The number of nitrogens with zero attached hydrogens (tertiary/aromatic N) is 1. The van der Waals surface area contributed by atoms with Gasteiger partial charge in [0.2, 0.25) is 0 Å². The lowest BCUT2D eigenvalue weighted by Crippen LogP contribution is -2.45. The first kappa shape index (κ1) is 20.2. The number of hydrogen-bond donors (Lipinski definition) is 0. The summed E-state index contributed by atoms with van der Waals surface area (Å²) in [5, 5.41) is 0. The van der Waals surface area contributed by atoms with Crippen molar-refractivity contribution in [1.29, 1.82) is 0 Å². The highest BCUT2D eigenvalue weighted by molar-refractivity contribution is 6.09. The number of methoxy groups -OCH3 is 2. The van der Waals surface area contributed by atoms with Crippen LogP contribution in [0.1, 0.15) is 33.6 Å². The van der Waals surface area contributed by atoms with Gasteiger partial charge in [-0.3, -0.25) is 9.79 Å². The van der Waals surface area contributed by atoms with E-state index >= 15 is 0 Å². The number of rotatable bonds is 5. The molecule has 0 radical (unpaired) electrons. The second-order valence-corrected chi connectivity index (χ2v) is 5.94. The molecule has 0 aromatic heterocycles. The lowest BCUT2D eigenvalue weighted by Gasteiger charge is -2.33. The van der Waals surface area contributed by atoms with Crippen LogP contribution in [0, 0.1) is 17.8 Å². The van der Waals surface area contributed by atoms with Gasteiger partial charge in [0.05, 0.1) is 25.5 Å². The van der Waals surface area contributed by atoms with Crippen LogP contribution in [0.15, 0.2) is 16.3 Å². The molecule has 136 valence electrons. The summed E-state index contributed by atoms with van der Waals surface area (Å²) in [6.07, 6.45) is -4.48. The Kier molecular flexibility index (Phi) is 6.57. The second-order valence-electron chi connectivity index (χ2n) is 5.94. The summed E-state index contributed by atoms with van der Waals surface area (Å²) in [6.45, 7) is 5.20. The topological polar surface area (TPSA) is 65.0 Å². The quantitative estimate of drug-likeness (QED) is 0.715. The maximum absolute atomic E-state index is 13.4. The molecule has 0 N–H and O–H groups in total. The number of hydrogen-bond acceptors (Lipinski definition) is 5. The zero-order valence-electron chi connectivity index (χ0n) is 14.4. The molecule has 0 fully saturated rings. The van der Waals surface area contributed by atoms with E-state index in [4.69, 9.17) is 4.74 Å². The summed E-state index contributed by atoms with van der Waals surface area (Å²) >= 11 is 0. The van der Waals surface area contributed by atoms with Gasteiger partial charge in [-0.2, -0.15) is 13.2 Å². The number of halogens is 3. The van der Waals surface area contributed by atoms with E-state index in [2.05, 4.69) is 9.73 Å². The smallest absolute Gasteiger partial charge is 0.430 e. The molecular formula is C16H22F3NO4. The molecular weight excluding hydrogens is 327 g/mol. The first-order valence-electron chi connectivity index (χ1n) is 7.63. The second kappa shape index (κ2) is 7.81. The Morgan fingerprint density at radius 1 is 1.21 bits per heavy atom. The van der Waals surface area contributed by atoms with Gasteiger partial charge in [0, 0.05) is 5.92 Å². The third-order valence-electron chi connectivity index (χ3n) is 3.85. The summed E-state index contributed by atoms with van der Waals surface area (Å²) in [5.74, 6) is -4.55. The number of carbonyl (C=O) groups excluding carboxylic acids is 2. The van der Waals surface area contributed by atoms with Crippen LogP contribution in [-0.4, -0.2) is 38.0 Å². The van der Waals surface area contributed by atoms with Gasteiger partial charge in [0.15, 0.2) is 0 Å². The van der Waals surface area contributed by atoms with E-state index in [0.29, 0.717) is 0 Å². The minimum atomic E-state index is -4.80. The monoisotopic (exact) mass is 349 g/mol. The molecule has 1 aliphatic heterocycles. The van der Waals surface area contributed by atoms with E-state index in [0.717, 1.165) is 14.2 Å². The van der Waals surface area contributed by atoms with Gasteiger partial charge < -0.3 is 9.47 Å². The van der Waals surface area contributed by atoms with Crippen molar-refractivity contribution in [3.8, 4) is 0 Å². The lowest BCUT2D eigenvalue weighted by atomic mass is 9.74. The van der Waals surface area contributed by atoms with Crippen molar-refractivity contribution >= 4 is 17.7 Å². The Balaban J connectivity index is 3.65. The molecule has 0 saturated carbocycles. The molecule has 0 aromatic rings. The molecule has 2 unspecified atom stereocenters. The molecule has 0 spiro atoms. The molecule has 1 heterocycles. The van der Waals surface area contributed by atoms with Gasteiger partial charge in [-0.05, 0) is 18.8 Å². The average Bonchev–Trinajstić information content (AvgIpc) is 2.50. The van der Waals surface area contributed by atoms with Crippen molar-refractivity contribution < 1.29 is 32.2 Å². The normalized spacial score (nSPS) is 21.6. The van der Waals surface area contributed by atoms with E-state index in [1.807, 2.05) is 0 Å². The van der Waals surface area contributed by atoms with E-state index < -0.39 is 35.7 Å². The van der Waals surface area contributed by atoms with Gasteiger partial charge in [0.25, 0.3) is 0 Å². The first-order chi connectivity index (χ1) is 11.1. The van der Waals surface area contributed by atoms with Crippen molar-refractivity contribution in [3.05, 3.63) is 11.3 Å². The minimum absolute atomic E-state index is 0.0000203. The standard InChI is InChI=1S/C16H22F3NO4/c1-6-10-11(14(21)23-4)9(7-8(2)3)12(15(22)24-5)13(20-10)16(17,18)19/h8-9,12H,6-7H2,1-5H3. The number of carbonyl (C=O) groups is 2. The van der Waals surface area contributed by atoms with Crippen LogP contribution < -0.4 is 0 Å². The van der Waals surface area contributed by atoms with E-state index in [1.165, 1.54) is 0 Å². The summed E-state index contributed by atoms with van der Waals surface area (Å²) in [6, 6.07) is 0. The molecule has 1 aliphatic rings. The van der Waals surface area contributed by atoms with Gasteiger partial charge in [-0.25, -0.2) is 4.79 Å². The van der Waals surface area contributed by atoms with Gasteiger partial charge in [-0.15, -0.1) is 0 Å². The van der Waals surface area contributed by atoms with Crippen molar-refractivity contribution in [3.63, 3.8) is 0 Å². The van der Waals surface area contributed by atoms with Crippen molar-refractivity contribution in [2.45, 2.75) is 39.8 Å². The van der Waals surface area contributed by atoms with Crippen molar-refractivity contribution in [2.24, 2.45) is 22.7 Å². The van der Waals surface area contributed by atoms with Crippen LogP contribution in [0.5, 0.6) is 0 Å². The van der Waals surface area contributed by atoms with Gasteiger partial charge >= 0.3 is 18.1 Å². The molecule has 0 bridgehead atoms. The zero-order chi connectivity index (χ0) is 18.7. The summed E-state index contributed by atoms with van der Waals surface area (Å²) in [5.41, 5.74) is -1.19. The van der Waals surface area contributed by atoms with Crippen molar-refractivity contribution in [1.82, 2.24) is 0 Å². The predicted octanol–water partition coefficient (Wildman–Crippen LogP) is 3.29. The summed E-state index contributed by atoms with van der Waals surface area (Å²) < 4.78 is 49.6. The van der Waals surface area contributed by atoms with E-state index in [-0.39, 0.29) is 30.0 Å². The molecule has 2 atom stereocenters. The number of alkyl halides is 3. The summed E-state index contributed by atoms with van der Waals surface area (Å²) in [7, 11) is 2.16. The van der Waals surface area contributed by atoms with Crippen LogP contribution in [0.25, 0.3) is 0 Å². The third kappa shape index (κ3) is 4.15. The Labute approximate surface area is 138 Å². The number of ether oxygens (including phenoxy) is 2. The predicted molar refractivity (Wildman–Crippen MR) is 81.3 cm³/mol. The fourth-order valence-corrected chi connectivity index (χ4v) is 2.90. The zero-order valence-corrected chi connectivity index (χ0v) is 14.4. The number of esters is 2. The Morgan fingerprint density at radius 3 is 2.17 bits per heavy atom. The molecule has 0 aliphatic carbocycles. The Bertz CT molecular complexity index is 564. The SMILES string of the molecule is CCC1=C(C(=O)OC)C(CC(C)C)C(C(=O)OC)C(C(F)(F)F)=N1. The lowest BCUT2D eigenvalue weighted by molar-refractivity contribution is -0.147. The maximum Gasteiger partial charge on any atom is 0.430 e. The van der Waals surface area contributed by atoms with Gasteiger partial charge in [-0.1, -0.05) is 20.8 Å². The highest BCUT2D eigenvalue weighted by Crippen LogP contribution is 2.41. The highest BCUT2D eigenvalue weighted by Gasteiger charge is 2.52. The highest BCUT2D eigenvalue weighted by atomic mass is 19.4. The van der Waals surface area contributed by atoms with Crippen LogP contribution in [0.2, 0.25) is 0 Å². The number of allylic oxidation sites excluding steroid dienone is 1. The number of aliphatic imine (C=N–C) groups is 1. The van der Waals surface area contributed by atoms with Crippen LogP contribution in [-0.2, 0) is 19.1 Å².